The van der Waals surface area contributed by atoms with Crippen LogP contribution in [0.25, 0.3) is 10.1 Å². The maximum absolute atomic E-state index is 13.0. The molecule has 4 heteroatoms. The summed E-state index contributed by atoms with van der Waals surface area (Å²) in [7, 11) is 0. The zero-order valence-electron chi connectivity index (χ0n) is 10.5. The van der Waals surface area contributed by atoms with E-state index in [0.717, 1.165) is 21.2 Å². The fourth-order valence-electron chi connectivity index (χ4n) is 2.26. The van der Waals surface area contributed by atoms with Crippen LogP contribution in [0, 0.1) is 5.82 Å². The molecule has 0 aliphatic rings. The monoisotopic (exact) mass is 306 g/mol. The number of benzene rings is 2. The fourth-order valence-corrected chi connectivity index (χ4v) is 3.51. The molecule has 20 heavy (non-hydrogen) atoms. The molecule has 0 saturated heterocycles. The van der Waals surface area contributed by atoms with Crippen LogP contribution in [0.15, 0.2) is 47.8 Å². The van der Waals surface area contributed by atoms with Gasteiger partial charge in [0, 0.05) is 16.1 Å². The Balaban J connectivity index is 1.91. The maximum Gasteiger partial charge on any atom is 0.124 e. The van der Waals surface area contributed by atoms with Crippen LogP contribution in [-0.2, 0) is 6.42 Å². The molecule has 0 aliphatic carbocycles. The number of aliphatic hydroxyl groups is 1. The van der Waals surface area contributed by atoms with Gasteiger partial charge in [-0.3, -0.25) is 0 Å². The van der Waals surface area contributed by atoms with Crippen LogP contribution >= 0.6 is 22.9 Å². The average molecular weight is 307 g/mol. The summed E-state index contributed by atoms with van der Waals surface area (Å²) in [5.41, 5.74) is 1.64. The van der Waals surface area contributed by atoms with Crippen molar-refractivity contribution in [1.29, 1.82) is 0 Å². The van der Waals surface area contributed by atoms with Crippen molar-refractivity contribution >= 4 is 33.0 Å². The molecule has 0 radical (unpaired) electrons. The first-order valence-electron chi connectivity index (χ1n) is 6.23. The Morgan fingerprint density at radius 3 is 2.80 bits per heavy atom. The minimum absolute atomic E-state index is 0.351. The predicted octanol–water partition coefficient (Wildman–Crippen LogP) is 4.97. The summed E-state index contributed by atoms with van der Waals surface area (Å²) < 4.78 is 14.2. The normalized spacial score (nSPS) is 12.8. The lowest BCUT2D eigenvalue weighted by Gasteiger charge is -2.11. The molecule has 0 bridgehead atoms. The second-order valence-corrected chi connectivity index (χ2v) is 5.96. The van der Waals surface area contributed by atoms with Crippen molar-refractivity contribution < 1.29 is 9.50 Å². The maximum atomic E-state index is 13.0. The molecule has 3 rings (SSSR count). The summed E-state index contributed by atoms with van der Waals surface area (Å²) in [5, 5.41) is 13.8. The molecule has 1 heterocycles. The van der Waals surface area contributed by atoms with Gasteiger partial charge in [-0.15, -0.1) is 11.3 Å². The van der Waals surface area contributed by atoms with Gasteiger partial charge in [-0.1, -0.05) is 35.9 Å². The number of halogens is 2. The standard InChI is InChI=1S/C16H12ClFOS/c17-14-8-11(18)6-5-10(14)7-15(19)13-9-20-16-4-2-1-3-12(13)16/h1-6,8-9,15,19H,7H2. The van der Waals surface area contributed by atoms with Crippen molar-refractivity contribution in [2.24, 2.45) is 0 Å². The number of aliphatic hydroxyl groups excluding tert-OH is 1. The quantitative estimate of drug-likeness (QED) is 0.724. The Kier molecular flexibility index (Phi) is 3.74. The largest absolute Gasteiger partial charge is 0.388 e. The van der Waals surface area contributed by atoms with Gasteiger partial charge >= 0.3 is 0 Å². The smallest absolute Gasteiger partial charge is 0.124 e. The summed E-state index contributed by atoms with van der Waals surface area (Å²) in [6, 6.07) is 12.2. The van der Waals surface area contributed by atoms with Crippen molar-refractivity contribution in [3.63, 3.8) is 0 Å². The van der Waals surface area contributed by atoms with E-state index in [1.54, 1.807) is 17.4 Å². The second-order valence-electron chi connectivity index (χ2n) is 4.64. The van der Waals surface area contributed by atoms with Gasteiger partial charge in [0.25, 0.3) is 0 Å². The van der Waals surface area contributed by atoms with E-state index in [9.17, 15) is 9.50 Å². The highest BCUT2D eigenvalue weighted by Crippen LogP contribution is 2.32. The molecule has 2 aromatic carbocycles. The van der Waals surface area contributed by atoms with Crippen LogP contribution < -0.4 is 0 Å². The Bertz CT molecular complexity index is 753. The number of hydrogen-bond acceptors (Lipinski definition) is 2. The molecule has 1 N–H and O–H groups in total. The van der Waals surface area contributed by atoms with Gasteiger partial charge in [0.05, 0.1) is 6.10 Å². The van der Waals surface area contributed by atoms with Crippen molar-refractivity contribution in [1.82, 2.24) is 0 Å². The number of hydrogen-bond donors (Lipinski definition) is 1. The van der Waals surface area contributed by atoms with Gasteiger partial charge < -0.3 is 5.11 Å². The summed E-state index contributed by atoms with van der Waals surface area (Å²) >= 11 is 7.61. The van der Waals surface area contributed by atoms with E-state index >= 15 is 0 Å². The molecule has 102 valence electrons. The summed E-state index contributed by atoms with van der Waals surface area (Å²) in [6.45, 7) is 0. The molecule has 3 aromatic rings. The van der Waals surface area contributed by atoms with Gasteiger partial charge in [0.2, 0.25) is 0 Å². The lowest BCUT2D eigenvalue weighted by molar-refractivity contribution is 0.180. The molecule has 0 aliphatic heterocycles. The second kappa shape index (κ2) is 5.52. The number of thiophene rings is 1. The first-order valence-corrected chi connectivity index (χ1v) is 7.49. The van der Waals surface area contributed by atoms with Gasteiger partial charge in [-0.2, -0.15) is 0 Å². The van der Waals surface area contributed by atoms with Gasteiger partial charge in [0.1, 0.15) is 5.82 Å². The molecule has 0 amide bonds. The average Bonchev–Trinajstić information content (AvgIpc) is 2.86. The van der Waals surface area contributed by atoms with Crippen LogP contribution in [0.1, 0.15) is 17.2 Å². The van der Waals surface area contributed by atoms with E-state index in [2.05, 4.69) is 0 Å². The highest BCUT2D eigenvalue weighted by molar-refractivity contribution is 7.17. The third-order valence-corrected chi connectivity index (χ3v) is 4.63. The van der Waals surface area contributed by atoms with Crippen molar-refractivity contribution in [3.8, 4) is 0 Å². The summed E-state index contributed by atoms with van der Waals surface area (Å²) in [5.74, 6) is -0.366. The van der Waals surface area contributed by atoms with E-state index in [-0.39, 0.29) is 5.82 Å². The zero-order chi connectivity index (χ0) is 14.1. The Morgan fingerprint density at radius 1 is 1.20 bits per heavy atom. The predicted molar refractivity (Wildman–Crippen MR) is 81.9 cm³/mol. The van der Waals surface area contributed by atoms with E-state index in [1.807, 2.05) is 29.6 Å². The van der Waals surface area contributed by atoms with E-state index in [1.165, 1.54) is 12.1 Å². The molecule has 1 atom stereocenters. The van der Waals surface area contributed by atoms with Crippen molar-refractivity contribution in [2.75, 3.05) is 0 Å². The lowest BCUT2D eigenvalue weighted by atomic mass is 10.0. The third kappa shape index (κ3) is 2.57. The molecule has 1 aromatic heterocycles. The SMILES string of the molecule is OC(Cc1ccc(F)cc1Cl)c1csc2ccccc12. The van der Waals surface area contributed by atoms with Gasteiger partial charge in [-0.25, -0.2) is 4.39 Å². The highest BCUT2D eigenvalue weighted by Gasteiger charge is 2.15. The molecular weight excluding hydrogens is 295 g/mol. The Hall–Kier alpha value is -1.42. The van der Waals surface area contributed by atoms with Crippen LogP contribution in [-0.4, -0.2) is 5.11 Å². The first-order chi connectivity index (χ1) is 9.65. The number of rotatable bonds is 3. The topological polar surface area (TPSA) is 20.2 Å². The minimum atomic E-state index is -0.644. The van der Waals surface area contributed by atoms with Gasteiger partial charge in [-0.05, 0) is 40.1 Å². The number of fused-ring (bicyclic) bond motifs is 1. The molecule has 1 unspecified atom stereocenters. The highest BCUT2D eigenvalue weighted by atomic mass is 35.5. The van der Waals surface area contributed by atoms with Crippen LogP contribution in [0.4, 0.5) is 4.39 Å². The lowest BCUT2D eigenvalue weighted by Crippen LogP contribution is -2.01. The zero-order valence-corrected chi connectivity index (χ0v) is 12.1. The summed E-state index contributed by atoms with van der Waals surface area (Å²) in [6.07, 6.45) is -0.269. The van der Waals surface area contributed by atoms with Crippen LogP contribution in [0.3, 0.4) is 0 Å². The molecule has 1 nitrogen and oxygen atoms in total. The van der Waals surface area contributed by atoms with Crippen molar-refractivity contribution in [2.45, 2.75) is 12.5 Å². The van der Waals surface area contributed by atoms with Gasteiger partial charge in [0.15, 0.2) is 0 Å². The Labute approximate surface area is 125 Å². The molecular formula is C16H12ClFOS. The summed E-state index contributed by atoms with van der Waals surface area (Å²) in [4.78, 5) is 0. The van der Waals surface area contributed by atoms with E-state index < -0.39 is 6.10 Å². The first kappa shape index (κ1) is 13.6. The Morgan fingerprint density at radius 2 is 2.00 bits per heavy atom. The molecule has 0 spiro atoms. The fraction of sp³-hybridized carbons (Fsp3) is 0.125. The van der Waals surface area contributed by atoms with Crippen LogP contribution in [0.5, 0.6) is 0 Å². The van der Waals surface area contributed by atoms with E-state index in [4.69, 9.17) is 11.6 Å². The molecule has 0 fully saturated rings. The van der Waals surface area contributed by atoms with Crippen molar-refractivity contribution in [3.05, 3.63) is 69.8 Å². The van der Waals surface area contributed by atoms with Crippen LogP contribution in [0.2, 0.25) is 5.02 Å². The molecule has 0 saturated carbocycles. The minimum Gasteiger partial charge on any atom is -0.388 e. The van der Waals surface area contributed by atoms with E-state index in [0.29, 0.717) is 11.4 Å². The third-order valence-electron chi connectivity index (χ3n) is 3.30.